The summed E-state index contributed by atoms with van der Waals surface area (Å²) in [4.78, 5) is 22.7. The maximum Gasteiger partial charge on any atom is 0.273 e. The van der Waals surface area contributed by atoms with E-state index in [-0.39, 0.29) is 11.7 Å². The first-order valence-electron chi connectivity index (χ1n) is 9.53. The fourth-order valence-electron chi connectivity index (χ4n) is 3.28. The van der Waals surface area contributed by atoms with Crippen LogP contribution in [0.5, 0.6) is 0 Å². The fourth-order valence-corrected chi connectivity index (χ4v) is 4.27. The molecule has 0 atom stereocenters. The highest BCUT2D eigenvalue weighted by Crippen LogP contribution is 2.33. The third-order valence-electron chi connectivity index (χ3n) is 4.94. The number of fused-ring (bicyclic) bond motifs is 1. The number of halogens is 1. The molecule has 0 radical (unpaired) electrons. The minimum Gasteiger partial charge on any atom is -0.320 e. The minimum absolute atomic E-state index is 0.313. The van der Waals surface area contributed by atoms with Crippen molar-refractivity contribution >= 4 is 33.3 Å². The van der Waals surface area contributed by atoms with Gasteiger partial charge in [0.05, 0.1) is 5.69 Å². The Labute approximate surface area is 180 Å². The second kappa shape index (κ2) is 7.73. The van der Waals surface area contributed by atoms with E-state index in [0.717, 1.165) is 32.0 Å². The van der Waals surface area contributed by atoms with Crippen LogP contribution < -0.4 is 5.32 Å². The topological polar surface area (TPSA) is 83.6 Å². The lowest BCUT2D eigenvalue weighted by Crippen LogP contribution is -2.13. The predicted octanol–water partition coefficient (Wildman–Crippen LogP) is 5.45. The molecule has 0 saturated heterocycles. The summed E-state index contributed by atoms with van der Waals surface area (Å²) in [5.74, 6) is -0.636. The fraction of sp³-hybridized carbons (Fsp3) is 0.0435. The Morgan fingerprint density at radius 3 is 2.74 bits per heavy atom. The number of hydrogen-bond donors (Lipinski definition) is 2. The summed E-state index contributed by atoms with van der Waals surface area (Å²) < 4.78 is 13.1. The molecule has 0 aliphatic carbocycles. The van der Waals surface area contributed by atoms with Crippen LogP contribution in [0.25, 0.3) is 32.2 Å². The van der Waals surface area contributed by atoms with Gasteiger partial charge >= 0.3 is 0 Å². The predicted molar refractivity (Wildman–Crippen MR) is 120 cm³/mol. The smallest absolute Gasteiger partial charge is 0.273 e. The molecule has 152 valence electrons. The summed E-state index contributed by atoms with van der Waals surface area (Å²) in [5, 5.41) is 10.7. The molecule has 0 aliphatic rings. The summed E-state index contributed by atoms with van der Waals surface area (Å²) in [6.07, 6.45) is 1.75. The molecular formula is C23H16FN5OS. The Morgan fingerprint density at radius 1 is 1.10 bits per heavy atom. The van der Waals surface area contributed by atoms with Crippen LogP contribution in [0.4, 0.5) is 10.1 Å². The summed E-state index contributed by atoms with van der Waals surface area (Å²) in [5.41, 5.74) is 4.99. The molecule has 0 spiro atoms. The molecule has 0 fully saturated rings. The molecule has 1 amide bonds. The molecule has 2 aromatic carbocycles. The van der Waals surface area contributed by atoms with Crippen LogP contribution in [-0.4, -0.2) is 26.1 Å². The molecule has 31 heavy (non-hydrogen) atoms. The number of aromatic amines is 1. The number of hydrogen-bond acceptors (Lipinski definition) is 5. The van der Waals surface area contributed by atoms with Gasteiger partial charge in [-0.25, -0.2) is 14.4 Å². The molecule has 8 heteroatoms. The van der Waals surface area contributed by atoms with E-state index in [0.29, 0.717) is 17.1 Å². The van der Waals surface area contributed by atoms with Gasteiger partial charge in [-0.15, -0.1) is 0 Å². The van der Waals surface area contributed by atoms with Gasteiger partial charge in [-0.1, -0.05) is 23.5 Å². The number of carbonyl (C=O) groups is 1. The van der Waals surface area contributed by atoms with Crippen LogP contribution in [0, 0.1) is 12.7 Å². The maximum atomic E-state index is 13.1. The average molecular weight is 429 g/mol. The zero-order chi connectivity index (χ0) is 21.4. The Hall–Kier alpha value is -3.91. The van der Waals surface area contributed by atoms with Gasteiger partial charge in [0.25, 0.3) is 5.91 Å². The number of H-pyrrole nitrogens is 1. The van der Waals surface area contributed by atoms with E-state index in [2.05, 4.69) is 25.5 Å². The Balaban J connectivity index is 1.41. The molecule has 6 nitrogen and oxygen atoms in total. The monoisotopic (exact) mass is 429 g/mol. The number of nitrogens with zero attached hydrogens (tertiary/aromatic N) is 3. The van der Waals surface area contributed by atoms with Crippen LogP contribution in [0.2, 0.25) is 0 Å². The van der Waals surface area contributed by atoms with Crippen LogP contribution in [0.1, 0.15) is 16.1 Å². The van der Waals surface area contributed by atoms with Crippen molar-refractivity contribution in [2.75, 3.05) is 5.32 Å². The SMILES string of the molecule is Cc1c(NC(=O)c2cc(-c3ccc(F)cc3)n[nH]2)cccc1-c1nc2cccnc2s1. The molecule has 2 N–H and O–H groups in total. The van der Waals surface area contributed by atoms with Crippen molar-refractivity contribution in [1.82, 2.24) is 20.2 Å². The molecule has 0 saturated carbocycles. The van der Waals surface area contributed by atoms with Gasteiger partial charge in [0.1, 0.15) is 26.9 Å². The number of aromatic nitrogens is 4. The van der Waals surface area contributed by atoms with Crippen molar-refractivity contribution in [3.63, 3.8) is 0 Å². The molecule has 5 aromatic rings. The van der Waals surface area contributed by atoms with Gasteiger partial charge in [0.15, 0.2) is 0 Å². The average Bonchev–Trinajstić information content (AvgIpc) is 3.43. The number of benzene rings is 2. The van der Waals surface area contributed by atoms with E-state index in [9.17, 15) is 9.18 Å². The normalized spacial score (nSPS) is 11.0. The van der Waals surface area contributed by atoms with Crippen molar-refractivity contribution in [3.8, 4) is 21.8 Å². The molecule has 3 aromatic heterocycles. The largest absolute Gasteiger partial charge is 0.320 e. The standard InChI is InChI=1S/C23H16FN5OS/c1-13-16(22-27-18-6-3-11-25-23(18)31-22)4-2-5-17(13)26-21(30)20-12-19(28-29-20)14-7-9-15(24)10-8-14/h2-12H,1H3,(H,26,30)(H,28,29). The van der Waals surface area contributed by atoms with E-state index in [1.54, 1.807) is 24.4 Å². The van der Waals surface area contributed by atoms with E-state index in [4.69, 9.17) is 0 Å². The highest BCUT2D eigenvalue weighted by Gasteiger charge is 2.15. The van der Waals surface area contributed by atoms with Crippen molar-refractivity contribution in [1.29, 1.82) is 0 Å². The van der Waals surface area contributed by atoms with Crippen LogP contribution in [0.15, 0.2) is 66.9 Å². The van der Waals surface area contributed by atoms with Crippen molar-refractivity contribution in [2.45, 2.75) is 6.92 Å². The van der Waals surface area contributed by atoms with Crippen LogP contribution >= 0.6 is 11.3 Å². The molecular weight excluding hydrogens is 413 g/mol. The van der Waals surface area contributed by atoms with Gasteiger partial charge in [-0.2, -0.15) is 5.10 Å². The van der Waals surface area contributed by atoms with E-state index in [1.807, 2.05) is 37.3 Å². The van der Waals surface area contributed by atoms with Gasteiger partial charge < -0.3 is 5.32 Å². The zero-order valence-corrected chi connectivity index (χ0v) is 17.2. The number of anilines is 1. The highest BCUT2D eigenvalue weighted by molar-refractivity contribution is 7.21. The second-order valence-electron chi connectivity index (χ2n) is 6.95. The van der Waals surface area contributed by atoms with Gasteiger partial charge in [-0.05, 0) is 61.0 Å². The van der Waals surface area contributed by atoms with E-state index >= 15 is 0 Å². The number of thiazole rings is 1. The van der Waals surface area contributed by atoms with Gasteiger partial charge in [-0.3, -0.25) is 9.89 Å². The first kappa shape index (κ1) is 19.1. The third-order valence-corrected chi connectivity index (χ3v) is 5.95. The number of pyridine rings is 1. The van der Waals surface area contributed by atoms with E-state index < -0.39 is 0 Å². The quantitative estimate of drug-likeness (QED) is 0.398. The lowest BCUT2D eigenvalue weighted by molar-refractivity contribution is 0.102. The first-order valence-corrected chi connectivity index (χ1v) is 10.3. The number of rotatable bonds is 4. The minimum atomic E-state index is -0.323. The van der Waals surface area contributed by atoms with Crippen LogP contribution in [0.3, 0.4) is 0 Å². The van der Waals surface area contributed by atoms with Crippen molar-refractivity contribution in [2.24, 2.45) is 0 Å². The van der Waals surface area contributed by atoms with Crippen molar-refractivity contribution in [3.05, 3.63) is 83.9 Å². The zero-order valence-electron chi connectivity index (χ0n) is 16.4. The molecule has 5 rings (SSSR count). The Morgan fingerprint density at radius 2 is 1.94 bits per heavy atom. The van der Waals surface area contributed by atoms with Gasteiger partial charge in [0, 0.05) is 23.0 Å². The lowest BCUT2D eigenvalue weighted by atomic mass is 10.1. The second-order valence-corrected chi connectivity index (χ2v) is 7.93. The number of carbonyl (C=O) groups excluding carboxylic acids is 1. The summed E-state index contributed by atoms with van der Waals surface area (Å²) in [6, 6.07) is 17.1. The lowest BCUT2D eigenvalue weighted by Gasteiger charge is -2.10. The molecule has 0 unspecified atom stereocenters. The Kier molecular flexibility index (Phi) is 4.76. The van der Waals surface area contributed by atoms with E-state index in [1.165, 1.54) is 23.5 Å². The maximum absolute atomic E-state index is 13.1. The summed E-state index contributed by atoms with van der Waals surface area (Å²) >= 11 is 1.51. The first-order chi connectivity index (χ1) is 15.1. The molecule has 3 heterocycles. The molecule has 0 aliphatic heterocycles. The van der Waals surface area contributed by atoms with Crippen LogP contribution in [-0.2, 0) is 0 Å². The van der Waals surface area contributed by atoms with Gasteiger partial charge in [0.2, 0.25) is 0 Å². The Bertz CT molecular complexity index is 1370. The summed E-state index contributed by atoms with van der Waals surface area (Å²) in [6.45, 7) is 1.95. The molecule has 0 bridgehead atoms. The number of nitrogens with one attached hydrogen (secondary N) is 2. The summed E-state index contributed by atoms with van der Waals surface area (Å²) in [7, 11) is 0. The highest BCUT2D eigenvalue weighted by atomic mass is 32.1. The van der Waals surface area contributed by atoms with Crippen molar-refractivity contribution < 1.29 is 9.18 Å². The third kappa shape index (κ3) is 3.69. The number of amides is 1.